The smallest absolute Gasteiger partial charge is 0.137 e. The number of benzene rings is 1. The predicted octanol–water partition coefficient (Wildman–Crippen LogP) is 2.25. The van der Waals surface area contributed by atoms with Crippen LogP contribution in [0.25, 0.3) is 0 Å². The normalized spacial score (nSPS) is 18.3. The highest BCUT2D eigenvalue weighted by molar-refractivity contribution is 5.25. The van der Waals surface area contributed by atoms with Gasteiger partial charge in [-0.15, -0.1) is 0 Å². The average Bonchev–Trinajstić information content (AvgIpc) is 3.16. The Bertz CT molecular complexity index is 734. The monoisotopic (exact) mass is 393 g/mol. The number of nitrogens with zero attached hydrogens (tertiary/aromatic N) is 5. The number of β-amino-alcohol motifs (C(OH)–C–C–N with tert-alkyl or cyclic N) is 1. The first kappa shape index (κ1) is 20.8. The summed E-state index contributed by atoms with van der Waals surface area (Å²) in [4.78, 5) is 8.46. The van der Waals surface area contributed by atoms with E-state index in [0.29, 0.717) is 0 Å². The Balaban J connectivity index is 1.70. The van der Waals surface area contributed by atoms with Gasteiger partial charge in [-0.1, -0.05) is 25.8 Å². The molecule has 1 aromatic carbocycles. The van der Waals surface area contributed by atoms with E-state index in [4.69, 9.17) is 0 Å². The van der Waals surface area contributed by atoms with Crippen molar-refractivity contribution < 1.29 is 13.9 Å². The Morgan fingerprint density at radius 3 is 2.46 bits per heavy atom. The fraction of sp³-hybridized carbons (Fsp3) is 0.600. The number of aromatic nitrogens is 3. The summed E-state index contributed by atoms with van der Waals surface area (Å²) in [6.07, 6.45) is 6.50. The summed E-state index contributed by atoms with van der Waals surface area (Å²) in [5.41, 5.74) is -1.45. The Kier molecular flexibility index (Phi) is 7.09. The van der Waals surface area contributed by atoms with Crippen molar-refractivity contribution in [3.8, 4) is 0 Å². The van der Waals surface area contributed by atoms with Gasteiger partial charge in [0, 0.05) is 44.4 Å². The Morgan fingerprint density at radius 1 is 1.07 bits per heavy atom. The van der Waals surface area contributed by atoms with Gasteiger partial charge >= 0.3 is 0 Å². The maximum absolute atomic E-state index is 14.5. The maximum atomic E-state index is 14.5. The first-order chi connectivity index (χ1) is 13.5. The lowest BCUT2D eigenvalue weighted by Gasteiger charge is -2.39. The second-order valence-corrected chi connectivity index (χ2v) is 7.57. The van der Waals surface area contributed by atoms with Gasteiger partial charge in [-0.2, -0.15) is 5.10 Å². The van der Waals surface area contributed by atoms with Gasteiger partial charge in [0.25, 0.3) is 0 Å². The zero-order valence-electron chi connectivity index (χ0n) is 16.4. The molecular weight excluding hydrogens is 364 g/mol. The van der Waals surface area contributed by atoms with Crippen LogP contribution in [0.4, 0.5) is 8.78 Å². The number of unbranched alkanes of at least 4 members (excludes halogenated alkanes) is 2. The first-order valence-electron chi connectivity index (χ1n) is 9.95. The molecule has 1 unspecified atom stereocenters. The van der Waals surface area contributed by atoms with Crippen LogP contribution in [-0.2, 0) is 12.1 Å². The van der Waals surface area contributed by atoms with Crippen molar-refractivity contribution in [2.24, 2.45) is 0 Å². The van der Waals surface area contributed by atoms with Gasteiger partial charge in [-0.05, 0) is 19.0 Å². The second-order valence-electron chi connectivity index (χ2n) is 7.57. The molecule has 28 heavy (non-hydrogen) atoms. The third-order valence-electron chi connectivity index (χ3n) is 5.35. The number of rotatable bonds is 9. The van der Waals surface area contributed by atoms with Crippen LogP contribution in [-0.4, -0.2) is 68.9 Å². The van der Waals surface area contributed by atoms with Gasteiger partial charge in [0.2, 0.25) is 0 Å². The van der Waals surface area contributed by atoms with Gasteiger partial charge in [0.05, 0.1) is 6.54 Å². The first-order valence-corrected chi connectivity index (χ1v) is 9.95. The van der Waals surface area contributed by atoms with E-state index >= 15 is 0 Å². The topological polar surface area (TPSA) is 57.4 Å². The van der Waals surface area contributed by atoms with E-state index in [-0.39, 0.29) is 18.7 Å². The predicted molar refractivity (Wildman–Crippen MR) is 103 cm³/mol. The molecule has 0 saturated carbocycles. The molecule has 1 aliphatic heterocycles. The molecule has 1 N–H and O–H groups in total. The molecule has 0 amide bonds. The molecule has 154 valence electrons. The van der Waals surface area contributed by atoms with Crippen LogP contribution in [0.5, 0.6) is 0 Å². The molecule has 1 saturated heterocycles. The van der Waals surface area contributed by atoms with Crippen molar-refractivity contribution in [3.63, 3.8) is 0 Å². The lowest BCUT2D eigenvalue weighted by atomic mass is 9.92. The largest absolute Gasteiger partial charge is 0.382 e. The molecule has 0 bridgehead atoms. The van der Waals surface area contributed by atoms with Crippen LogP contribution in [0.3, 0.4) is 0 Å². The minimum absolute atomic E-state index is 0.0479. The van der Waals surface area contributed by atoms with Crippen molar-refractivity contribution in [1.29, 1.82) is 0 Å². The molecule has 1 fully saturated rings. The molecule has 6 nitrogen and oxygen atoms in total. The standard InChI is InChI=1S/C20H29F2N5O/c1-2-3-4-7-25-8-10-26(11-9-25)13-20(28,14-27-16-23-15-24-27)18-6-5-17(21)12-19(18)22/h5-6,12,15-16,28H,2-4,7-11,13-14H2,1H3. The van der Waals surface area contributed by atoms with Crippen LogP contribution in [0.15, 0.2) is 30.9 Å². The van der Waals surface area contributed by atoms with E-state index in [2.05, 4.69) is 26.8 Å². The summed E-state index contributed by atoms with van der Waals surface area (Å²) >= 11 is 0. The zero-order valence-corrected chi connectivity index (χ0v) is 16.4. The van der Waals surface area contributed by atoms with E-state index < -0.39 is 17.2 Å². The third-order valence-corrected chi connectivity index (χ3v) is 5.35. The SMILES string of the molecule is CCCCCN1CCN(CC(O)(Cn2cncn2)c2ccc(F)cc2F)CC1. The molecule has 1 atom stereocenters. The number of piperazine rings is 1. The van der Waals surface area contributed by atoms with Crippen molar-refractivity contribution in [3.05, 3.63) is 48.1 Å². The van der Waals surface area contributed by atoms with E-state index in [1.807, 2.05) is 0 Å². The van der Waals surface area contributed by atoms with Gasteiger partial charge in [-0.3, -0.25) is 4.90 Å². The van der Waals surface area contributed by atoms with Crippen LogP contribution in [0, 0.1) is 11.6 Å². The van der Waals surface area contributed by atoms with E-state index in [1.54, 1.807) is 0 Å². The summed E-state index contributed by atoms with van der Waals surface area (Å²) in [7, 11) is 0. The van der Waals surface area contributed by atoms with Crippen LogP contribution >= 0.6 is 0 Å². The van der Waals surface area contributed by atoms with Crippen LogP contribution in [0.1, 0.15) is 31.7 Å². The quantitative estimate of drug-likeness (QED) is 0.663. The second kappa shape index (κ2) is 9.54. The molecular formula is C20H29F2N5O. The summed E-state index contributed by atoms with van der Waals surface area (Å²) in [5, 5.41) is 15.5. The van der Waals surface area contributed by atoms with Gasteiger partial charge in [0.1, 0.15) is 29.9 Å². The highest BCUT2D eigenvalue weighted by Crippen LogP contribution is 2.28. The molecule has 0 radical (unpaired) electrons. The lowest BCUT2D eigenvalue weighted by molar-refractivity contribution is -0.0318. The van der Waals surface area contributed by atoms with Gasteiger partial charge in [0.15, 0.2) is 0 Å². The summed E-state index contributed by atoms with van der Waals surface area (Å²) < 4.78 is 29.3. The fourth-order valence-corrected chi connectivity index (χ4v) is 3.80. The highest BCUT2D eigenvalue weighted by Gasteiger charge is 2.36. The minimum Gasteiger partial charge on any atom is -0.382 e. The summed E-state index contributed by atoms with van der Waals surface area (Å²) in [5.74, 6) is -1.41. The van der Waals surface area contributed by atoms with Crippen LogP contribution in [0.2, 0.25) is 0 Å². The molecule has 0 aliphatic carbocycles. The molecule has 2 aromatic rings. The number of halogens is 2. The van der Waals surface area contributed by atoms with Crippen molar-refractivity contribution in [2.75, 3.05) is 39.3 Å². The Labute approximate surface area is 164 Å². The van der Waals surface area contributed by atoms with E-state index in [0.717, 1.165) is 38.8 Å². The number of hydrogen-bond donors (Lipinski definition) is 1. The maximum Gasteiger partial charge on any atom is 0.137 e. The minimum atomic E-state index is -1.53. The van der Waals surface area contributed by atoms with E-state index in [1.165, 1.54) is 48.7 Å². The number of hydrogen-bond acceptors (Lipinski definition) is 5. The molecule has 0 spiro atoms. The summed E-state index contributed by atoms with van der Waals surface area (Å²) in [6.45, 7) is 7.04. The van der Waals surface area contributed by atoms with Gasteiger partial charge < -0.3 is 10.0 Å². The highest BCUT2D eigenvalue weighted by atomic mass is 19.1. The Morgan fingerprint density at radius 2 is 1.82 bits per heavy atom. The van der Waals surface area contributed by atoms with Crippen molar-refractivity contribution >= 4 is 0 Å². The molecule has 1 aromatic heterocycles. The molecule has 3 rings (SSSR count). The molecule has 2 heterocycles. The summed E-state index contributed by atoms with van der Waals surface area (Å²) in [6, 6.07) is 3.31. The fourth-order valence-electron chi connectivity index (χ4n) is 3.80. The Hall–Kier alpha value is -1.90. The molecule has 1 aliphatic rings. The zero-order chi connectivity index (χ0) is 20.0. The molecule has 8 heteroatoms. The van der Waals surface area contributed by atoms with Crippen LogP contribution < -0.4 is 0 Å². The van der Waals surface area contributed by atoms with Crippen molar-refractivity contribution in [1.82, 2.24) is 24.6 Å². The number of aliphatic hydroxyl groups is 1. The third kappa shape index (κ3) is 5.33. The van der Waals surface area contributed by atoms with Crippen molar-refractivity contribution in [2.45, 2.75) is 38.3 Å². The lowest BCUT2D eigenvalue weighted by Crippen LogP contribution is -2.52. The average molecular weight is 393 g/mol. The van der Waals surface area contributed by atoms with Gasteiger partial charge in [-0.25, -0.2) is 18.4 Å². The van der Waals surface area contributed by atoms with E-state index in [9.17, 15) is 13.9 Å².